The predicted molar refractivity (Wildman–Crippen MR) is 238 cm³/mol. The number of amides is 2. The van der Waals surface area contributed by atoms with Crippen LogP contribution in [0.15, 0.2) is 35.3 Å². The first-order valence-electron chi connectivity index (χ1n) is 22.4. The van der Waals surface area contributed by atoms with Crippen LogP contribution in [0.3, 0.4) is 0 Å². The van der Waals surface area contributed by atoms with E-state index in [1.54, 1.807) is 38.5 Å². The summed E-state index contributed by atoms with van der Waals surface area (Å²) in [5.74, 6) is -5.55. The number of hydrogen-bond acceptors (Lipinski definition) is 11. The lowest BCUT2D eigenvalue weighted by atomic mass is 9.77. The van der Waals surface area contributed by atoms with Gasteiger partial charge in [-0.25, -0.2) is 22.5 Å². The molecule has 5 aromatic rings. The zero-order chi connectivity index (χ0) is 45.7. The molecule has 3 aromatic heterocycles. The van der Waals surface area contributed by atoms with Crippen LogP contribution in [0.5, 0.6) is 5.75 Å². The van der Waals surface area contributed by atoms with Gasteiger partial charge in [-0.2, -0.15) is 10.1 Å². The second-order valence-electron chi connectivity index (χ2n) is 19.0. The lowest BCUT2D eigenvalue weighted by Crippen LogP contribution is -2.55. The Balaban J connectivity index is 0.803. The number of ether oxygens (including phenoxy) is 1. The molecular weight excluding hydrogens is 868 g/mol. The van der Waals surface area contributed by atoms with Crippen molar-refractivity contribution in [1.82, 2.24) is 34.5 Å². The number of anilines is 4. The molecule has 4 aliphatic heterocycles. The summed E-state index contributed by atoms with van der Waals surface area (Å²) in [6.45, 7) is 6.34. The van der Waals surface area contributed by atoms with Gasteiger partial charge in [-0.1, -0.05) is 11.6 Å². The topological polar surface area (TPSA) is 152 Å². The van der Waals surface area contributed by atoms with Gasteiger partial charge in [0.15, 0.2) is 18.2 Å². The number of carbonyl (C=O) groups is 2. The highest BCUT2D eigenvalue weighted by atomic mass is 35.5. The number of nitrogens with zero attached hydrogens (tertiary/aromatic N) is 7. The molecule has 1 unspecified atom stereocenters. The highest BCUT2D eigenvalue weighted by molar-refractivity contribution is 6.33. The molecule has 0 spiro atoms. The number of pyridine rings is 1. The molecule has 0 radical (unpaired) electrons. The van der Waals surface area contributed by atoms with Crippen LogP contribution in [0, 0.1) is 23.5 Å². The van der Waals surface area contributed by atoms with E-state index in [0.717, 1.165) is 12.8 Å². The Labute approximate surface area is 377 Å². The number of fused-ring (bicyclic) bond motifs is 4. The van der Waals surface area contributed by atoms with Crippen molar-refractivity contribution in [3.05, 3.63) is 68.7 Å². The highest BCUT2D eigenvalue weighted by Gasteiger charge is 2.51. The molecule has 19 heteroatoms. The Morgan fingerprint density at radius 3 is 2.40 bits per heavy atom. The second-order valence-corrected chi connectivity index (χ2v) is 19.4. The van der Waals surface area contributed by atoms with Crippen LogP contribution in [0.1, 0.15) is 88.3 Å². The van der Waals surface area contributed by atoms with E-state index < -0.39 is 47.6 Å². The van der Waals surface area contributed by atoms with Gasteiger partial charge in [0.05, 0.1) is 35.1 Å². The van der Waals surface area contributed by atoms with Crippen LogP contribution in [0.4, 0.5) is 40.7 Å². The first kappa shape index (κ1) is 43.4. The molecule has 344 valence electrons. The third kappa shape index (κ3) is 7.63. The third-order valence-corrected chi connectivity index (χ3v) is 15.0. The van der Waals surface area contributed by atoms with Gasteiger partial charge in [0.2, 0.25) is 23.5 Å². The van der Waals surface area contributed by atoms with E-state index in [-0.39, 0.29) is 69.7 Å². The highest BCUT2D eigenvalue weighted by Crippen LogP contribution is 2.46. The minimum Gasteiger partial charge on any atom is -0.480 e. The Morgan fingerprint density at radius 2 is 1.69 bits per heavy atom. The van der Waals surface area contributed by atoms with E-state index in [4.69, 9.17) is 21.3 Å². The van der Waals surface area contributed by atoms with E-state index in [1.807, 2.05) is 0 Å². The summed E-state index contributed by atoms with van der Waals surface area (Å²) in [6, 6.07) is 5.46. The van der Waals surface area contributed by atoms with Crippen molar-refractivity contribution in [2.45, 2.75) is 94.6 Å². The molecule has 10 rings (SSSR count). The Bertz CT molecular complexity index is 2810. The Kier molecular flexibility index (Phi) is 10.8. The maximum Gasteiger partial charge on any atom is 0.301 e. The van der Waals surface area contributed by atoms with Gasteiger partial charge < -0.3 is 24.8 Å². The molecule has 2 aromatic carbocycles. The number of carbonyl (C=O) groups excluding carboxylic acids is 2. The number of benzene rings is 2. The number of halogens is 5. The number of likely N-dealkylation sites (tertiary alicyclic amines) is 1. The zero-order valence-electron chi connectivity index (χ0n) is 36.6. The molecular formula is C46H51ClF4N10O4. The van der Waals surface area contributed by atoms with Gasteiger partial charge in [-0.3, -0.25) is 29.3 Å². The number of imide groups is 1. The molecule has 3 saturated heterocycles. The van der Waals surface area contributed by atoms with E-state index in [1.165, 1.54) is 15.3 Å². The van der Waals surface area contributed by atoms with Gasteiger partial charge in [-0.15, -0.1) is 0 Å². The number of rotatable bonds is 8. The smallest absolute Gasteiger partial charge is 0.301 e. The number of aromatic nitrogens is 5. The Morgan fingerprint density at radius 1 is 0.954 bits per heavy atom. The van der Waals surface area contributed by atoms with Crippen molar-refractivity contribution in [3.8, 4) is 5.75 Å². The number of nitrogens with one attached hydrogen (secondary N) is 3. The van der Waals surface area contributed by atoms with E-state index in [0.29, 0.717) is 91.2 Å². The van der Waals surface area contributed by atoms with Gasteiger partial charge in [0, 0.05) is 61.2 Å². The van der Waals surface area contributed by atoms with Gasteiger partial charge in [-0.05, 0) is 114 Å². The first-order chi connectivity index (χ1) is 31.0. The van der Waals surface area contributed by atoms with Crippen LogP contribution in [-0.2, 0) is 23.7 Å². The third-order valence-electron chi connectivity index (χ3n) is 14.8. The summed E-state index contributed by atoms with van der Waals surface area (Å²) in [5, 5.41) is 14.2. The summed E-state index contributed by atoms with van der Waals surface area (Å²) in [6.07, 6.45) is 6.16. The monoisotopic (exact) mass is 918 g/mol. The molecule has 3 N–H and O–H groups in total. The zero-order valence-corrected chi connectivity index (χ0v) is 37.4. The van der Waals surface area contributed by atoms with Crippen molar-refractivity contribution in [1.29, 1.82) is 0 Å². The average molecular weight is 919 g/mol. The van der Waals surface area contributed by atoms with Crippen LogP contribution >= 0.6 is 11.6 Å². The number of aryl methyl sites for hydroxylation is 2. The molecule has 7 heterocycles. The molecule has 5 aliphatic rings. The summed E-state index contributed by atoms with van der Waals surface area (Å²) < 4.78 is 71.0. The maximum atomic E-state index is 16.3. The fraction of sp³-hybridized carbons (Fsp3) is 0.522. The Hall–Kier alpha value is -5.49. The molecule has 4 fully saturated rings. The molecule has 2 atom stereocenters. The van der Waals surface area contributed by atoms with Gasteiger partial charge >= 0.3 is 5.92 Å². The fourth-order valence-electron chi connectivity index (χ4n) is 10.8. The predicted octanol–water partition coefficient (Wildman–Crippen LogP) is 7.50. The first-order valence-corrected chi connectivity index (χ1v) is 22.8. The molecule has 0 bridgehead atoms. The molecule has 1 saturated carbocycles. The number of piperidine rings is 3. The minimum absolute atomic E-state index is 0.0563. The molecule has 14 nitrogen and oxygen atoms in total. The standard InChI is InChI=1S/C46H51ClF4N10O4/c1-45(2,61-17-11-23(12-18-61)34-31(48)20-29-36(57-59(4)38(29)35(34)49)27-8-10-33(62)54-42(27)63)25-13-15-60(16-14-25)44-52-21-30(47)41(56-44)53-26-7-9-32-28(19-26)37-39(43(64)58(32)3)65-22-46(50,51)40(55-37)24-5-6-24/h7,9,19-21,23-25,27,40,55H,5-6,8,10-18,22H2,1-4H3,(H,52,53,56)(H,54,62,63)/t27?,40-/m0/s1. The molecule has 2 amide bonds. The lowest BCUT2D eigenvalue weighted by Gasteiger charge is -2.49. The largest absolute Gasteiger partial charge is 0.480 e. The SMILES string of the molecule is Cn1nc(C2CCC(=O)NC2=O)c2cc(F)c(C3CCN(C(C)(C)C4CCN(c5ncc(Cl)c(Nc6ccc7c(c6)c6c(c(=O)n7C)OCC(F)(F)[C@H](C7CC7)N6)n5)CC4)CC3)c(F)c21. The van der Waals surface area contributed by atoms with Crippen LogP contribution in [0.2, 0.25) is 5.02 Å². The van der Waals surface area contributed by atoms with Gasteiger partial charge in [0.1, 0.15) is 16.4 Å². The van der Waals surface area contributed by atoms with Crippen molar-refractivity contribution in [3.63, 3.8) is 0 Å². The molecule has 65 heavy (non-hydrogen) atoms. The normalized spacial score (nSPS) is 22.4. The summed E-state index contributed by atoms with van der Waals surface area (Å²) in [7, 11) is 3.18. The van der Waals surface area contributed by atoms with E-state index >= 15 is 17.6 Å². The van der Waals surface area contributed by atoms with Crippen molar-refractivity contribution >= 4 is 68.4 Å². The van der Waals surface area contributed by atoms with Crippen LogP contribution in [-0.4, -0.2) is 91.3 Å². The average Bonchev–Trinajstić information content (AvgIpc) is 4.08. The second kappa shape index (κ2) is 16.1. The van der Waals surface area contributed by atoms with Crippen molar-refractivity contribution < 1.29 is 31.9 Å². The fourth-order valence-corrected chi connectivity index (χ4v) is 10.9. The molecule has 1 aliphatic carbocycles. The number of hydrogen-bond donors (Lipinski definition) is 3. The minimum atomic E-state index is -3.15. The van der Waals surface area contributed by atoms with Crippen LogP contribution in [0.25, 0.3) is 21.8 Å². The van der Waals surface area contributed by atoms with E-state index in [9.17, 15) is 14.4 Å². The quantitative estimate of drug-likeness (QED) is 0.105. The lowest BCUT2D eigenvalue weighted by molar-refractivity contribution is -0.134. The van der Waals surface area contributed by atoms with Crippen LogP contribution < -0.4 is 31.1 Å². The number of alkyl halides is 2. The van der Waals surface area contributed by atoms with Crippen molar-refractivity contribution in [2.75, 3.05) is 48.3 Å². The summed E-state index contributed by atoms with van der Waals surface area (Å²) in [5.41, 5.74) is 1.18. The van der Waals surface area contributed by atoms with E-state index in [2.05, 4.69) is 49.7 Å². The summed E-state index contributed by atoms with van der Waals surface area (Å²) in [4.78, 5) is 51.6. The summed E-state index contributed by atoms with van der Waals surface area (Å²) >= 11 is 6.65. The van der Waals surface area contributed by atoms with Gasteiger partial charge in [0.25, 0.3) is 5.56 Å². The maximum absolute atomic E-state index is 16.3. The van der Waals surface area contributed by atoms with Crippen molar-refractivity contribution in [2.24, 2.45) is 25.9 Å².